The zero-order valence-electron chi connectivity index (χ0n) is 10.9. The summed E-state index contributed by atoms with van der Waals surface area (Å²) in [6.07, 6.45) is 0. The Labute approximate surface area is 120 Å². The maximum atomic E-state index is 14.1. The van der Waals surface area contributed by atoms with Crippen molar-refractivity contribution < 1.29 is 14.2 Å². The van der Waals surface area contributed by atoms with Gasteiger partial charge >= 0.3 is 0 Å². The smallest absolute Gasteiger partial charge is 0.205 e. The van der Waals surface area contributed by atoms with Gasteiger partial charge in [0.2, 0.25) is 5.88 Å². The minimum Gasteiger partial charge on any atom is -0.508 e. The molecule has 3 rings (SSSR count). The Bertz CT molecular complexity index is 793. The zero-order valence-corrected chi connectivity index (χ0v) is 10.9. The van der Waals surface area contributed by atoms with E-state index in [1.165, 1.54) is 18.2 Å². The van der Waals surface area contributed by atoms with E-state index in [9.17, 15) is 14.8 Å². The molecular weight excluding hydrogens is 271 g/mol. The molecule has 1 aliphatic heterocycles. The van der Waals surface area contributed by atoms with Crippen LogP contribution in [0.4, 0.5) is 4.39 Å². The number of phenols is 1. The van der Waals surface area contributed by atoms with E-state index in [1.807, 2.05) is 6.07 Å². The molecule has 1 heterocycles. The lowest BCUT2D eigenvalue weighted by Gasteiger charge is -2.26. The average molecular weight is 282 g/mol. The first-order valence-electron chi connectivity index (χ1n) is 6.26. The molecule has 2 aromatic carbocycles. The van der Waals surface area contributed by atoms with Gasteiger partial charge in [-0.05, 0) is 12.1 Å². The van der Waals surface area contributed by atoms with E-state index in [1.54, 1.807) is 24.3 Å². The molecular formula is C16H11FN2O2. The van der Waals surface area contributed by atoms with E-state index >= 15 is 0 Å². The monoisotopic (exact) mass is 282 g/mol. The van der Waals surface area contributed by atoms with E-state index in [-0.39, 0.29) is 17.2 Å². The van der Waals surface area contributed by atoms with Crippen LogP contribution in [0.25, 0.3) is 0 Å². The number of ether oxygens (including phenoxy) is 1. The second-order valence-corrected chi connectivity index (χ2v) is 4.67. The predicted molar refractivity (Wildman–Crippen MR) is 73.8 cm³/mol. The summed E-state index contributed by atoms with van der Waals surface area (Å²) >= 11 is 0. The van der Waals surface area contributed by atoms with E-state index in [0.29, 0.717) is 16.9 Å². The molecule has 0 bridgehead atoms. The van der Waals surface area contributed by atoms with Crippen molar-refractivity contribution in [2.24, 2.45) is 5.73 Å². The van der Waals surface area contributed by atoms with Crippen LogP contribution in [0.3, 0.4) is 0 Å². The van der Waals surface area contributed by atoms with Crippen LogP contribution in [0, 0.1) is 17.1 Å². The van der Waals surface area contributed by atoms with Crippen LogP contribution < -0.4 is 10.5 Å². The molecule has 104 valence electrons. The Balaban J connectivity index is 2.27. The van der Waals surface area contributed by atoms with Gasteiger partial charge in [-0.1, -0.05) is 24.3 Å². The number of nitrogens with two attached hydrogens (primary N) is 1. The van der Waals surface area contributed by atoms with Crippen LogP contribution in [0.5, 0.6) is 11.5 Å². The van der Waals surface area contributed by atoms with Crippen molar-refractivity contribution in [3.8, 4) is 17.6 Å². The van der Waals surface area contributed by atoms with Crippen molar-refractivity contribution in [3.05, 3.63) is 70.9 Å². The number of halogens is 1. The third-order valence-electron chi connectivity index (χ3n) is 3.42. The maximum absolute atomic E-state index is 14.1. The van der Waals surface area contributed by atoms with Gasteiger partial charge in [0, 0.05) is 17.2 Å². The normalized spacial score (nSPS) is 16.9. The Morgan fingerprint density at radius 1 is 1.19 bits per heavy atom. The number of hydrogen-bond acceptors (Lipinski definition) is 4. The molecule has 0 aliphatic carbocycles. The standard InChI is InChI=1S/C16H11FN2O2/c17-13-4-2-1-3-10(13)15-11-6-5-9(20)7-14(11)21-16(19)12(15)8-18/h1-7,15,20H,19H2/t15-/m0/s1. The molecule has 0 unspecified atom stereocenters. The van der Waals surface area contributed by atoms with Gasteiger partial charge in [0.25, 0.3) is 0 Å². The Morgan fingerprint density at radius 3 is 2.67 bits per heavy atom. The van der Waals surface area contributed by atoms with E-state index in [4.69, 9.17) is 10.5 Å². The lowest BCUT2D eigenvalue weighted by molar-refractivity contribution is 0.387. The summed E-state index contributed by atoms with van der Waals surface area (Å²) in [6.45, 7) is 0. The number of hydrogen-bond donors (Lipinski definition) is 2. The number of nitriles is 1. The fourth-order valence-electron chi connectivity index (χ4n) is 2.47. The van der Waals surface area contributed by atoms with Crippen LogP contribution in [-0.4, -0.2) is 5.11 Å². The third-order valence-corrected chi connectivity index (χ3v) is 3.42. The van der Waals surface area contributed by atoms with Crippen molar-refractivity contribution in [1.82, 2.24) is 0 Å². The van der Waals surface area contributed by atoms with Gasteiger partial charge in [-0.15, -0.1) is 0 Å². The molecule has 0 saturated heterocycles. The lowest BCUT2D eigenvalue weighted by atomic mass is 9.83. The van der Waals surface area contributed by atoms with Gasteiger partial charge in [-0.25, -0.2) is 4.39 Å². The zero-order chi connectivity index (χ0) is 15.0. The van der Waals surface area contributed by atoms with Crippen LogP contribution in [0.2, 0.25) is 0 Å². The molecule has 0 spiro atoms. The summed E-state index contributed by atoms with van der Waals surface area (Å²) in [6, 6.07) is 12.7. The molecule has 0 saturated carbocycles. The van der Waals surface area contributed by atoms with Gasteiger partial charge in [0.15, 0.2) is 0 Å². The number of allylic oxidation sites excluding steroid dienone is 1. The van der Waals surface area contributed by atoms with Crippen molar-refractivity contribution in [2.45, 2.75) is 5.92 Å². The van der Waals surface area contributed by atoms with Gasteiger partial charge in [0.1, 0.15) is 29.0 Å². The van der Waals surface area contributed by atoms with Crippen molar-refractivity contribution in [3.63, 3.8) is 0 Å². The second-order valence-electron chi connectivity index (χ2n) is 4.67. The predicted octanol–water partition coefficient (Wildman–Crippen LogP) is 2.75. The number of rotatable bonds is 1. The summed E-state index contributed by atoms with van der Waals surface area (Å²) in [5.41, 5.74) is 6.84. The van der Waals surface area contributed by atoms with Gasteiger partial charge in [-0.2, -0.15) is 5.26 Å². The highest BCUT2D eigenvalue weighted by Gasteiger charge is 2.32. The Morgan fingerprint density at radius 2 is 1.95 bits per heavy atom. The molecule has 0 radical (unpaired) electrons. The first kappa shape index (κ1) is 13.0. The summed E-state index contributed by atoms with van der Waals surface area (Å²) in [4.78, 5) is 0. The number of nitrogens with zero attached hydrogens (tertiary/aromatic N) is 1. The Hall–Kier alpha value is -3.00. The topological polar surface area (TPSA) is 79.3 Å². The lowest BCUT2D eigenvalue weighted by Crippen LogP contribution is -2.21. The molecule has 4 nitrogen and oxygen atoms in total. The minimum absolute atomic E-state index is 0.00856. The Kier molecular flexibility index (Phi) is 2.99. The second kappa shape index (κ2) is 4.84. The maximum Gasteiger partial charge on any atom is 0.205 e. The van der Waals surface area contributed by atoms with Crippen molar-refractivity contribution in [1.29, 1.82) is 5.26 Å². The van der Waals surface area contributed by atoms with Crippen molar-refractivity contribution in [2.75, 3.05) is 0 Å². The minimum atomic E-state index is -0.652. The van der Waals surface area contributed by atoms with Crippen molar-refractivity contribution >= 4 is 0 Å². The van der Waals surface area contributed by atoms with E-state index in [2.05, 4.69) is 0 Å². The molecule has 1 atom stereocenters. The summed E-state index contributed by atoms with van der Waals surface area (Å²) in [7, 11) is 0. The molecule has 5 heteroatoms. The van der Waals surface area contributed by atoms with Crippen LogP contribution in [0.15, 0.2) is 53.9 Å². The molecule has 0 fully saturated rings. The fraction of sp³-hybridized carbons (Fsp3) is 0.0625. The molecule has 3 N–H and O–H groups in total. The quantitative estimate of drug-likeness (QED) is 0.843. The average Bonchev–Trinajstić information content (AvgIpc) is 2.46. The highest BCUT2D eigenvalue weighted by molar-refractivity contribution is 5.57. The van der Waals surface area contributed by atoms with Crippen LogP contribution in [-0.2, 0) is 0 Å². The number of fused-ring (bicyclic) bond motifs is 1. The number of benzene rings is 2. The first-order chi connectivity index (χ1) is 10.1. The van der Waals surface area contributed by atoms with Crippen LogP contribution in [0.1, 0.15) is 17.0 Å². The van der Waals surface area contributed by atoms with Gasteiger partial charge in [-0.3, -0.25) is 0 Å². The number of phenolic OH excluding ortho intramolecular Hbond substituents is 1. The van der Waals surface area contributed by atoms with Crippen LogP contribution >= 0.6 is 0 Å². The summed E-state index contributed by atoms with van der Waals surface area (Å²) in [5, 5.41) is 18.9. The highest BCUT2D eigenvalue weighted by atomic mass is 19.1. The SMILES string of the molecule is N#CC1=C(N)Oc2cc(O)ccc2[C@@H]1c1ccccc1F. The largest absolute Gasteiger partial charge is 0.508 e. The number of aromatic hydroxyl groups is 1. The first-order valence-corrected chi connectivity index (χ1v) is 6.26. The van der Waals surface area contributed by atoms with Gasteiger partial charge in [0.05, 0.1) is 5.92 Å². The molecule has 21 heavy (non-hydrogen) atoms. The molecule has 2 aromatic rings. The molecule has 0 aromatic heterocycles. The van der Waals surface area contributed by atoms with E-state index in [0.717, 1.165) is 0 Å². The summed E-state index contributed by atoms with van der Waals surface area (Å²) in [5.74, 6) is -0.831. The van der Waals surface area contributed by atoms with Gasteiger partial charge < -0.3 is 15.6 Å². The fourth-order valence-corrected chi connectivity index (χ4v) is 2.47. The molecule has 1 aliphatic rings. The molecule has 0 amide bonds. The third kappa shape index (κ3) is 2.07. The highest BCUT2D eigenvalue weighted by Crippen LogP contribution is 2.43. The summed E-state index contributed by atoms with van der Waals surface area (Å²) < 4.78 is 19.5. The van der Waals surface area contributed by atoms with E-state index < -0.39 is 11.7 Å².